The van der Waals surface area contributed by atoms with Crippen LogP contribution in [0.15, 0.2) is 0 Å². The number of aliphatic carboxylic acids is 1. The van der Waals surface area contributed by atoms with Gasteiger partial charge in [0.1, 0.15) is 0 Å². The molecule has 2 radical (unpaired) electrons. The van der Waals surface area contributed by atoms with Gasteiger partial charge in [0.15, 0.2) is 0 Å². The van der Waals surface area contributed by atoms with Gasteiger partial charge in [0.05, 0.1) is 12.2 Å². The Bertz CT molecular complexity index is 128. The number of rotatable bonds is 0. The SMILES string of the molecule is CC(=O)[O-].O[C@@H]1[CH][C@H](O)CCC1.[Hg+]. The molecule has 0 aromatic carbocycles. The van der Waals surface area contributed by atoms with Crippen LogP contribution in [-0.2, 0) is 32.5 Å². The summed E-state index contributed by atoms with van der Waals surface area (Å²) < 4.78 is 0. The van der Waals surface area contributed by atoms with Gasteiger partial charge in [0.25, 0.3) is 0 Å². The first-order valence-corrected chi connectivity index (χ1v) is 3.91. The summed E-state index contributed by atoms with van der Waals surface area (Å²) in [5.74, 6) is -1.08. The summed E-state index contributed by atoms with van der Waals surface area (Å²) in [6.45, 7) is 0.972. The van der Waals surface area contributed by atoms with E-state index in [0.29, 0.717) is 0 Å². The van der Waals surface area contributed by atoms with E-state index in [0.717, 1.165) is 26.2 Å². The summed E-state index contributed by atoms with van der Waals surface area (Å²) in [6, 6.07) is 0. The van der Waals surface area contributed by atoms with E-state index >= 15 is 0 Å². The average molecular weight is 375 g/mol. The van der Waals surface area contributed by atoms with Crippen molar-refractivity contribution >= 4 is 5.97 Å². The van der Waals surface area contributed by atoms with Crippen molar-refractivity contribution in [3.8, 4) is 0 Å². The Hall–Kier alpha value is 0.325. The summed E-state index contributed by atoms with van der Waals surface area (Å²) in [4.78, 5) is 8.89. The molecule has 1 saturated carbocycles. The Morgan fingerprint density at radius 2 is 1.69 bits per heavy atom. The molecule has 5 heteroatoms. The van der Waals surface area contributed by atoms with Gasteiger partial charge in [0.2, 0.25) is 0 Å². The third-order valence-corrected chi connectivity index (χ3v) is 1.44. The largest absolute Gasteiger partial charge is 1.00 e. The van der Waals surface area contributed by atoms with Gasteiger partial charge >= 0.3 is 27.7 Å². The quantitative estimate of drug-likeness (QED) is 0.525. The minimum absolute atomic E-state index is 0. The van der Waals surface area contributed by atoms with Crippen LogP contribution in [0.4, 0.5) is 0 Å². The number of carbonyl (C=O) groups excluding carboxylic acids is 1. The van der Waals surface area contributed by atoms with Gasteiger partial charge < -0.3 is 20.1 Å². The van der Waals surface area contributed by atoms with Crippen molar-refractivity contribution in [3.05, 3.63) is 6.42 Å². The summed E-state index contributed by atoms with van der Waals surface area (Å²) in [6.07, 6.45) is 3.44. The fourth-order valence-corrected chi connectivity index (χ4v) is 0.985. The molecule has 1 aliphatic rings. The standard InChI is InChI=1S/C6H11O2.C2H4O2.Hg/c7-5-2-1-3-6(8)4-5;1-2(3)4;/h4-8H,1-3H2;1H3,(H,3,4);/q;;+1/p-1/t5-,6+;;. The molecule has 0 heterocycles. The molecule has 1 fully saturated rings. The molecule has 0 saturated heterocycles. The van der Waals surface area contributed by atoms with E-state index in [4.69, 9.17) is 20.1 Å². The molecule has 0 amide bonds. The van der Waals surface area contributed by atoms with Crippen LogP contribution in [0.5, 0.6) is 0 Å². The van der Waals surface area contributed by atoms with E-state index in [2.05, 4.69) is 0 Å². The average Bonchev–Trinajstić information content (AvgIpc) is 1.84. The molecule has 0 aromatic heterocycles. The molecule has 0 aliphatic heterocycles. The second-order valence-corrected chi connectivity index (χ2v) is 2.75. The van der Waals surface area contributed by atoms with E-state index in [1.54, 1.807) is 6.42 Å². The van der Waals surface area contributed by atoms with Crippen LogP contribution in [0, 0.1) is 6.42 Å². The van der Waals surface area contributed by atoms with E-state index in [1.807, 2.05) is 0 Å². The Kier molecular flexibility index (Phi) is 10.8. The number of carboxylic acid groups (broad SMARTS) is 1. The Morgan fingerprint density at radius 1 is 1.38 bits per heavy atom. The fourth-order valence-electron chi connectivity index (χ4n) is 0.985. The van der Waals surface area contributed by atoms with Crippen molar-refractivity contribution in [1.82, 2.24) is 0 Å². The van der Waals surface area contributed by atoms with Crippen LogP contribution in [0.3, 0.4) is 0 Å². The summed E-state index contributed by atoms with van der Waals surface area (Å²) >= 11 is 0. The molecule has 1 rings (SSSR count). The summed E-state index contributed by atoms with van der Waals surface area (Å²) in [5.41, 5.74) is 0. The molecule has 2 N–H and O–H groups in total. The molecule has 13 heavy (non-hydrogen) atoms. The number of aliphatic hydroxyl groups is 2. The van der Waals surface area contributed by atoms with Gasteiger partial charge in [-0.15, -0.1) is 0 Å². The van der Waals surface area contributed by atoms with Crippen LogP contribution in [0.2, 0.25) is 0 Å². The number of hydrogen-bond donors (Lipinski definition) is 2. The van der Waals surface area contributed by atoms with Gasteiger partial charge in [-0.25, -0.2) is 0 Å². The minimum atomic E-state index is -1.08. The molecular formula is C8H14HgO4. The van der Waals surface area contributed by atoms with E-state index < -0.39 is 5.97 Å². The van der Waals surface area contributed by atoms with Crippen molar-refractivity contribution in [3.63, 3.8) is 0 Å². The van der Waals surface area contributed by atoms with Crippen LogP contribution in [0.1, 0.15) is 26.2 Å². The maximum atomic E-state index is 8.89. The van der Waals surface area contributed by atoms with Crippen molar-refractivity contribution < 1.29 is 47.8 Å². The molecule has 72 valence electrons. The van der Waals surface area contributed by atoms with Crippen molar-refractivity contribution in [2.24, 2.45) is 0 Å². The van der Waals surface area contributed by atoms with E-state index in [-0.39, 0.29) is 39.9 Å². The molecule has 1 aliphatic carbocycles. The Morgan fingerprint density at radius 3 is 1.85 bits per heavy atom. The van der Waals surface area contributed by atoms with Crippen LogP contribution in [0.25, 0.3) is 0 Å². The topological polar surface area (TPSA) is 80.6 Å². The van der Waals surface area contributed by atoms with Crippen molar-refractivity contribution in [1.29, 1.82) is 0 Å². The Labute approximate surface area is 98.5 Å². The molecule has 2 atom stereocenters. The predicted molar refractivity (Wildman–Crippen MR) is 40.8 cm³/mol. The maximum absolute atomic E-state index is 8.89. The minimum Gasteiger partial charge on any atom is -0.550 e. The third-order valence-electron chi connectivity index (χ3n) is 1.44. The zero-order valence-electron chi connectivity index (χ0n) is 7.77. The first kappa shape index (κ1) is 15.8. The molecule has 0 spiro atoms. The van der Waals surface area contributed by atoms with Crippen LogP contribution in [-0.4, -0.2) is 28.4 Å². The van der Waals surface area contributed by atoms with E-state index in [9.17, 15) is 0 Å². The van der Waals surface area contributed by atoms with Crippen LogP contribution < -0.4 is 5.11 Å². The molecular weight excluding hydrogens is 361 g/mol. The predicted octanol–water partition coefficient (Wildman–Crippen LogP) is -1.15. The second-order valence-electron chi connectivity index (χ2n) is 2.75. The number of carbonyl (C=O) groups is 1. The molecule has 0 unspecified atom stereocenters. The van der Waals surface area contributed by atoms with Gasteiger partial charge in [-0.1, -0.05) is 0 Å². The summed E-state index contributed by atoms with van der Waals surface area (Å²) in [7, 11) is 0. The zero-order valence-corrected chi connectivity index (χ0v) is 13.3. The molecule has 0 bridgehead atoms. The van der Waals surface area contributed by atoms with Gasteiger partial charge in [-0.2, -0.15) is 0 Å². The van der Waals surface area contributed by atoms with Crippen molar-refractivity contribution in [2.75, 3.05) is 0 Å². The zero-order chi connectivity index (χ0) is 9.56. The van der Waals surface area contributed by atoms with Gasteiger partial charge in [-0.05, 0) is 26.2 Å². The maximum Gasteiger partial charge on any atom is 1.00 e. The normalized spacial score (nSPS) is 26.4. The first-order chi connectivity index (χ1) is 5.52. The smallest absolute Gasteiger partial charge is 0.550 e. The number of carboxylic acids is 1. The van der Waals surface area contributed by atoms with Crippen LogP contribution >= 0.6 is 0 Å². The second kappa shape index (κ2) is 8.90. The van der Waals surface area contributed by atoms with Gasteiger partial charge in [-0.3, -0.25) is 0 Å². The summed E-state index contributed by atoms with van der Waals surface area (Å²) in [5, 5.41) is 26.6. The first-order valence-electron chi connectivity index (χ1n) is 3.91. The Balaban J connectivity index is 0. The van der Waals surface area contributed by atoms with E-state index in [1.165, 1.54) is 0 Å². The number of aliphatic hydroxyl groups excluding tert-OH is 2. The molecule has 0 aromatic rings. The van der Waals surface area contributed by atoms with Gasteiger partial charge in [0, 0.05) is 12.4 Å². The molecule has 4 nitrogen and oxygen atoms in total. The fraction of sp³-hybridized carbons (Fsp3) is 0.750. The van der Waals surface area contributed by atoms with Crippen molar-refractivity contribution in [2.45, 2.75) is 38.4 Å². The number of hydrogen-bond acceptors (Lipinski definition) is 4. The monoisotopic (exact) mass is 376 g/mol. The third kappa shape index (κ3) is 12.3.